The third-order valence-electron chi connectivity index (χ3n) is 3.03. The highest BCUT2D eigenvalue weighted by molar-refractivity contribution is 5.82. The van der Waals surface area contributed by atoms with E-state index >= 15 is 0 Å². The van der Waals surface area contributed by atoms with Crippen LogP contribution in [-0.4, -0.2) is 26.0 Å². The van der Waals surface area contributed by atoms with Crippen molar-refractivity contribution in [1.29, 1.82) is 0 Å². The average molecular weight is 154 g/mol. The predicted molar refractivity (Wildman–Crippen MR) is 42.1 cm³/mol. The SMILES string of the molecule is CNC(=O)C1CC12CCNC2. The van der Waals surface area contributed by atoms with Crippen molar-refractivity contribution >= 4 is 5.91 Å². The largest absolute Gasteiger partial charge is 0.359 e. The highest BCUT2D eigenvalue weighted by Crippen LogP contribution is 2.56. The van der Waals surface area contributed by atoms with E-state index in [0.29, 0.717) is 11.3 Å². The van der Waals surface area contributed by atoms with Crippen molar-refractivity contribution in [2.24, 2.45) is 11.3 Å². The van der Waals surface area contributed by atoms with Crippen molar-refractivity contribution in [3.8, 4) is 0 Å². The molecule has 2 N–H and O–H groups in total. The zero-order chi connectivity index (χ0) is 7.90. The van der Waals surface area contributed by atoms with E-state index in [1.807, 2.05) is 0 Å². The molecule has 1 aliphatic carbocycles. The monoisotopic (exact) mass is 154 g/mol. The highest BCUT2D eigenvalue weighted by Gasteiger charge is 2.58. The number of hydrogen-bond acceptors (Lipinski definition) is 2. The van der Waals surface area contributed by atoms with Gasteiger partial charge >= 0.3 is 0 Å². The van der Waals surface area contributed by atoms with E-state index in [4.69, 9.17) is 0 Å². The maximum absolute atomic E-state index is 11.2. The lowest BCUT2D eigenvalue weighted by atomic mass is 10.0. The number of nitrogens with one attached hydrogen (secondary N) is 2. The summed E-state index contributed by atoms with van der Waals surface area (Å²) in [7, 11) is 1.72. The van der Waals surface area contributed by atoms with Crippen LogP contribution in [0.2, 0.25) is 0 Å². The van der Waals surface area contributed by atoms with Crippen LogP contribution < -0.4 is 10.6 Å². The van der Waals surface area contributed by atoms with Crippen molar-refractivity contribution < 1.29 is 4.79 Å². The van der Waals surface area contributed by atoms with Gasteiger partial charge in [-0.05, 0) is 24.8 Å². The Bertz CT molecular complexity index is 185. The molecule has 11 heavy (non-hydrogen) atoms. The minimum atomic E-state index is 0.230. The van der Waals surface area contributed by atoms with Gasteiger partial charge in [0.15, 0.2) is 0 Å². The minimum absolute atomic E-state index is 0.230. The van der Waals surface area contributed by atoms with E-state index in [2.05, 4.69) is 10.6 Å². The second-order valence-electron chi connectivity index (χ2n) is 3.66. The van der Waals surface area contributed by atoms with E-state index < -0.39 is 0 Å². The van der Waals surface area contributed by atoms with Crippen molar-refractivity contribution in [1.82, 2.24) is 10.6 Å². The van der Waals surface area contributed by atoms with E-state index in [1.54, 1.807) is 7.05 Å². The molecular formula is C8H14N2O. The predicted octanol–water partition coefficient (Wildman–Crippen LogP) is -0.268. The van der Waals surface area contributed by atoms with Crippen LogP contribution in [0.5, 0.6) is 0 Å². The summed E-state index contributed by atoms with van der Waals surface area (Å²) in [5.74, 6) is 0.538. The van der Waals surface area contributed by atoms with E-state index in [9.17, 15) is 4.79 Å². The van der Waals surface area contributed by atoms with Crippen LogP contribution >= 0.6 is 0 Å². The van der Waals surface area contributed by atoms with Gasteiger partial charge in [-0.3, -0.25) is 4.79 Å². The van der Waals surface area contributed by atoms with Gasteiger partial charge in [-0.1, -0.05) is 0 Å². The first-order valence-electron chi connectivity index (χ1n) is 4.21. The molecule has 62 valence electrons. The van der Waals surface area contributed by atoms with Crippen LogP contribution in [-0.2, 0) is 4.79 Å². The molecule has 0 aromatic heterocycles. The van der Waals surface area contributed by atoms with Gasteiger partial charge in [-0.15, -0.1) is 0 Å². The first-order chi connectivity index (χ1) is 5.28. The number of amides is 1. The Kier molecular flexibility index (Phi) is 1.42. The molecule has 1 aliphatic heterocycles. The Labute approximate surface area is 66.5 Å². The average Bonchev–Trinajstić information content (AvgIpc) is 2.48. The molecule has 2 fully saturated rings. The summed E-state index contributed by atoms with van der Waals surface area (Å²) in [4.78, 5) is 11.2. The Morgan fingerprint density at radius 1 is 1.73 bits per heavy atom. The summed E-state index contributed by atoms with van der Waals surface area (Å²) in [6, 6.07) is 0. The molecule has 2 aliphatic rings. The Morgan fingerprint density at radius 3 is 3.09 bits per heavy atom. The van der Waals surface area contributed by atoms with Crippen LogP contribution in [0.1, 0.15) is 12.8 Å². The van der Waals surface area contributed by atoms with Gasteiger partial charge in [-0.25, -0.2) is 0 Å². The first kappa shape index (κ1) is 7.10. The summed E-state index contributed by atoms with van der Waals surface area (Å²) in [5.41, 5.74) is 0.361. The van der Waals surface area contributed by atoms with Crippen molar-refractivity contribution in [3.05, 3.63) is 0 Å². The molecule has 2 unspecified atom stereocenters. The van der Waals surface area contributed by atoms with Crippen LogP contribution in [0.15, 0.2) is 0 Å². The van der Waals surface area contributed by atoms with Gasteiger partial charge in [0.25, 0.3) is 0 Å². The van der Waals surface area contributed by atoms with Crippen LogP contribution in [0, 0.1) is 11.3 Å². The van der Waals surface area contributed by atoms with E-state index in [0.717, 1.165) is 19.5 Å². The lowest BCUT2D eigenvalue weighted by molar-refractivity contribution is -0.122. The van der Waals surface area contributed by atoms with Gasteiger partial charge in [0, 0.05) is 19.5 Å². The number of hydrogen-bond donors (Lipinski definition) is 2. The third kappa shape index (κ3) is 0.948. The topological polar surface area (TPSA) is 41.1 Å². The molecule has 0 aromatic carbocycles. The number of rotatable bonds is 1. The van der Waals surface area contributed by atoms with Gasteiger partial charge in [0.1, 0.15) is 0 Å². The van der Waals surface area contributed by atoms with E-state index in [1.165, 1.54) is 6.42 Å². The fourth-order valence-corrected chi connectivity index (χ4v) is 2.13. The fraction of sp³-hybridized carbons (Fsp3) is 0.875. The zero-order valence-corrected chi connectivity index (χ0v) is 6.81. The van der Waals surface area contributed by atoms with E-state index in [-0.39, 0.29) is 5.91 Å². The maximum Gasteiger partial charge on any atom is 0.223 e. The van der Waals surface area contributed by atoms with Crippen LogP contribution in [0.4, 0.5) is 0 Å². The minimum Gasteiger partial charge on any atom is -0.359 e. The molecular weight excluding hydrogens is 140 g/mol. The smallest absolute Gasteiger partial charge is 0.223 e. The molecule has 1 spiro atoms. The normalized spacial score (nSPS) is 41.0. The summed E-state index contributed by atoms with van der Waals surface area (Å²) in [6.45, 7) is 2.14. The maximum atomic E-state index is 11.2. The third-order valence-corrected chi connectivity index (χ3v) is 3.03. The lowest BCUT2D eigenvalue weighted by Crippen LogP contribution is -2.24. The number of carbonyl (C=O) groups excluding carboxylic acids is 1. The fourth-order valence-electron chi connectivity index (χ4n) is 2.13. The molecule has 1 saturated heterocycles. The van der Waals surface area contributed by atoms with Gasteiger partial charge < -0.3 is 10.6 Å². The zero-order valence-electron chi connectivity index (χ0n) is 6.81. The molecule has 0 radical (unpaired) electrons. The summed E-state index contributed by atoms with van der Waals surface area (Å²) >= 11 is 0. The van der Waals surface area contributed by atoms with Gasteiger partial charge in [0.05, 0.1) is 0 Å². The quantitative estimate of drug-likeness (QED) is 0.546. The van der Waals surface area contributed by atoms with Crippen LogP contribution in [0.25, 0.3) is 0 Å². The second-order valence-corrected chi connectivity index (χ2v) is 3.66. The molecule has 0 bridgehead atoms. The number of carbonyl (C=O) groups is 1. The molecule has 1 amide bonds. The lowest BCUT2D eigenvalue weighted by Gasteiger charge is -2.04. The van der Waals surface area contributed by atoms with Crippen LogP contribution in [0.3, 0.4) is 0 Å². The standard InChI is InChI=1S/C8H14N2O/c1-9-7(11)6-4-8(6)2-3-10-5-8/h6,10H,2-5H2,1H3,(H,9,11). The van der Waals surface area contributed by atoms with Crippen molar-refractivity contribution in [2.75, 3.05) is 20.1 Å². The summed E-state index contributed by atoms with van der Waals surface area (Å²) in [5, 5.41) is 6.02. The molecule has 2 atom stereocenters. The Hall–Kier alpha value is -0.570. The van der Waals surface area contributed by atoms with Gasteiger partial charge in [0.2, 0.25) is 5.91 Å². The molecule has 2 rings (SSSR count). The molecule has 3 heteroatoms. The second kappa shape index (κ2) is 2.21. The Morgan fingerprint density at radius 2 is 2.55 bits per heavy atom. The van der Waals surface area contributed by atoms with Crippen molar-refractivity contribution in [3.63, 3.8) is 0 Å². The molecule has 0 aromatic rings. The van der Waals surface area contributed by atoms with Crippen molar-refractivity contribution in [2.45, 2.75) is 12.8 Å². The molecule has 1 saturated carbocycles. The van der Waals surface area contributed by atoms with Gasteiger partial charge in [-0.2, -0.15) is 0 Å². The Balaban J connectivity index is 1.97. The summed E-state index contributed by atoms with van der Waals surface area (Å²) in [6.07, 6.45) is 2.28. The molecule has 1 heterocycles. The highest BCUT2D eigenvalue weighted by atomic mass is 16.2. The summed E-state index contributed by atoms with van der Waals surface area (Å²) < 4.78 is 0. The first-order valence-corrected chi connectivity index (χ1v) is 4.21. The molecule has 3 nitrogen and oxygen atoms in total.